The topological polar surface area (TPSA) is 19.4 Å². The van der Waals surface area contributed by atoms with Gasteiger partial charge in [-0.15, -0.1) is 0 Å². The fourth-order valence-electron chi connectivity index (χ4n) is 1.11. The highest BCUT2D eigenvalue weighted by Crippen LogP contribution is 2.04. The summed E-state index contributed by atoms with van der Waals surface area (Å²) in [5.41, 5.74) is 1.93. The lowest BCUT2D eigenvalue weighted by atomic mass is 10.3. The van der Waals surface area contributed by atoms with Crippen molar-refractivity contribution in [1.82, 2.24) is 14.8 Å². The molecule has 0 saturated carbocycles. The Morgan fingerprint density at radius 2 is 1.31 bits per heavy atom. The van der Waals surface area contributed by atoms with Gasteiger partial charge in [-0.2, -0.15) is 0 Å². The molecule has 0 aliphatic rings. The molecule has 0 radical (unpaired) electrons. The summed E-state index contributed by atoms with van der Waals surface area (Å²) in [6.45, 7) is 0. The second-order valence-corrected chi connectivity index (χ2v) is 4.05. The summed E-state index contributed by atoms with van der Waals surface area (Å²) in [4.78, 5) is 8.47. The van der Waals surface area contributed by atoms with E-state index in [1.54, 1.807) is 0 Å². The van der Waals surface area contributed by atoms with E-state index in [1.807, 2.05) is 80.7 Å². The fraction of sp³-hybridized carbons (Fsp3) is 0.308. The number of aromatic nitrogens is 1. The summed E-state index contributed by atoms with van der Waals surface area (Å²) in [6.07, 6.45) is 7.96. The van der Waals surface area contributed by atoms with E-state index in [0.29, 0.717) is 0 Å². The van der Waals surface area contributed by atoms with E-state index in [9.17, 15) is 0 Å². The molecule has 3 nitrogen and oxygen atoms in total. The van der Waals surface area contributed by atoms with E-state index in [1.165, 1.54) is 0 Å². The second-order valence-electron chi connectivity index (χ2n) is 4.05. The normalized spacial score (nSPS) is 11.2. The lowest BCUT2D eigenvalue weighted by Gasteiger charge is -2.04. The van der Waals surface area contributed by atoms with Crippen molar-refractivity contribution in [2.24, 2.45) is 0 Å². The molecule has 0 N–H and O–H groups in total. The van der Waals surface area contributed by atoms with Gasteiger partial charge in [0, 0.05) is 40.6 Å². The van der Waals surface area contributed by atoms with Gasteiger partial charge in [-0.1, -0.05) is 6.07 Å². The SMILES string of the molecule is CN(C)/C=C/c1cccc(/C=C/N(C)C)n1. The van der Waals surface area contributed by atoms with Crippen molar-refractivity contribution in [3.8, 4) is 0 Å². The fourth-order valence-corrected chi connectivity index (χ4v) is 1.11. The van der Waals surface area contributed by atoms with Crippen molar-refractivity contribution in [1.29, 1.82) is 0 Å². The van der Waals surface area contributed by atoms with Crippen molar-refractivity contribution < 1.29 is 0 Å². The molecule has 0 aliphatic carbocycles. The van der Waals surface area contributed by atoms with Crippen molar-refractivity contribution in [3.63, 3.8) is 0 Å². The van der Waals surface area contributed by atoms with E-state index >= 15 is 0 Å². The molecule has 0 amide bonds. The smallest absolute Gasteiger partial charge is 0.0651 e. The zero-order valence-electron chi connectivity index (χ0n) is 10.4. The van der Waals surface area contributed by atoms with Gasteiger partial charge in [0.15, 0.2) is 0 Å². The quantitative estimate of drug-likeness (QED) is 0.770. The van der Waals surface area contributed by atoms with Crippen LogP contribution in [0.15, 0.2) is 30.6 Å². The molecule has 0 bridgehead atoms. The minimum absolute atomic E-state index is 0.967. The maximum atomic E-state index is 4.49. The molecule has 3 heteroatoms. The Hall–Kier alpha value is -1.77. The summed E-state index contributed by atoms with van der Waals surface area (Å²) in [7, 11) is 7.97. The zero-order chi connectivity index (χ0) is 12.0. The lowest BCUT2D eigenvalue weighted by Crippen LogP contribution is -2.00. The average Bonchev–Trinajstić information content (AvgIpc) is 2.24. The number of rotatable bonds is 4. The first-order valence-corrected chi connectivity index (χ1v) is 5.24. The molecule has 0 atom stereocenters. The second kappa shape index (κ2) is 5.95. The van der Waals surface area contributed by atoms with Gasteiger partial charge in [-0.3, -0.25) is 0 Å². The van der Waals surface area contributed by atoms with Crippen LogP contribution in [0.1, 0.15) is 11.4 Å². The van der Waals surface area contributed by atoms with Crippen LogP contribution in [0.25, 0.3) is 12.2 Å². The first-order chi connectivity index (χ1) is 7.58. The highest BCUT2D eigenvalue weighted by molar-refractivity contribution is 5.50. The number of pyridine rings is 1. The van der Waals surface area contributed by atoms with Crippen molar-refractivity contribution in [3.05, 3.63) is 42.0 Å². The van der Waals surface area contributed by atoms with Crippen molar-refractivity contribution in [2.45, 2.75) is 0 Å². The Balaban J connectivity index is 2.79. The van der Waals surface area contributed by atoms with Gasteiger partial charge in [0.05, 0.1) is 11.4 Å². The standard InChI is InChI=1S/C13H19N3/c1-15(2)10-8-12-6-5-7-13(14-12)9-11-16(3)4/h5-11H,1-4H3/b10-8+,11-9+. The van der Waals surface area contributed by atoms with E-state index in [0.717, 1.165) is 11.4 Å². The first-order valence-electron chi connectivity index (χ1n) is 5.24. The lowest BCUT2D eigenvalue weighted by molar-refractivity contribution is 0.567. The van der Waals surface area contributed by atoms with Crippen LogP contribution in [0.4, 0.5) is 0 Å². The molecule has 0 spiro atoms. The molecule has 0 aliphatic heterocycles. The average molecular weight is 217 g/mol. The van der Waals surface area contributed by atoms with Crippen LogP contribution in [0.5, 0.6) is 0 Å². The largest absolute Gasteiger partial charge is 0.383 e. The molecule has 1 rings (SSSR count). The molecule has 0 aromatic carbocycles. The predicted molar refractivity (Wildman–Crippen MR) is 69.7 cm³/mol. The summed E-state index contributed by atoms with van der Waals surface area (Å²) in [5, 5.41) is 0. The van der Waals surface area contributed by atoms with Gasteiger partial charge >= 0.3 is 0 Å². The maximum Gasteiger partial charge on any atom is 0.0651 e. The van der Waals surface area contributed by atoms with E-state index in [-0.39, 0.29) is 0 Å². The molecular formula is C13H19N3. The molecular weight excluding hydrogens is 198 g/mol. The Morgan fingerprint density at radius 3 is 1.69 bits per heavy atom. The van der Waals surface area contributed by atoms with E-state index < -0.39 is 0 Å². The van der Waals surface area contributed by atoms with Crippen LogP contribution in [0.2, 0.25) is 0 Å². The van der Waals surface area contributed by atoms with Gasteiger partial charge < -0.3 is 9.80 Å². The zero-order valence-corrected chi connectivity index (χ0v) is 10.4. The third kappa shape index (κ3) is 4.64. The minimum atomic E-state index is 0.967. The Kier molecular flexibility index (Phi) is 4.58. The Morgan fingerprint density at radius 1 is 0.875 bits per heavy atom. The molecule has 16 heavy (non-hydrogen) atoms. The summed E-state index contributed by atoms with van der Waals surface area (Å²) in [6, 6.07) is 6.00. The molecule has 1 heterocycles. The maximum absolute atomic E-state index is 4.49. The molecule has 0 fully saturated rings. The van der Waals surface area contributed by atoms with Crippen LogP contribution < -0.4 is 0 Å². The minimum Gasteiger partial charge on any atom is -0.383 e. The van der Waals surface area contributed by atoms with E-state index in [4.69, 9.17) is 0 Å². The number of hydrogen-bond acceptors (Lipinski definition) is 3. The van der Waals surface area contributed by atoms with Crippen LogP contribution in [0, 0.1) is 0 Å². The molecule has 0 saturated heterocycles. The highest BCUT2D eigenvalue weighted by atomic mass is 15.0. The monoisotopic (exact) mass is 217 g/mol. The van der Waals surface area contributed by atoms with Crippen LogP contribution in [-0.4, -0.2) is 43.0 Å². The van der Waals surface area contributed by atoms with Crippen molar-refractivity contribution >= 4 is 12.2 Å². The van der Waals surface area contributed by atoms with Gasteiger partial charge in [0.2, 0.25) is 0 Å². The first kappa shape index (κ1) is 12.3. The highest BCUT2D eigenvalue weighted by Gasteiger charge is 1.91. The van der Waals surface area contributed by atoms with Gasteiger partial charge in [0.25, 0.3) is 0 Å². The molecule has 1 aromatic rings. The third-order valence-electron chi connectivity index (χ3n) is 1.88. The summed E-state index contributed by atoms with van der Waals surface area (Å²) in [5.74, 6) is 0. The van der Waals surface area contributed by atoms with Crippen LogP contribution in [-0.2, 0) is 0 Å². The Bertz CT molecular complexity index is 345. The van der Waals surface area contributed by atoms with Gasteiger partial charge in [-0.25, -0.2) is 4.98 Å². The molecule has 0 unspecified atom stereocenters. The summed E-state index contributed by atoms with van der Waals surface area (Å²) < 4.78 is 0. The van der Waals surface area contributed by atoms with Crippen LogP contribution in [0.3, 0.4) is 0 Å². The number of nitrogens with zero attached hydrogens (tertiary/aromatic N) is 3. The molecule has 1 aromatic heterocycles. The van der Waals surface area contributed by atoms with Crippen molar-refractivity contribution in [2.75, 3.05) is 28.2 Å². The van der Waals surface area contributed by atoms with Crippen LogP contribution >= 0.6 is 0 Å². The molecule has 86 valence electrons. The predicted octanol–water partition coefficient (Wildman–Crippen LogP) is 2.15. The summed E-state index contributed by atoms with van der Waals surface area (Å²) >= 11 is 0. The van der Waals surface area contributed by atoms with E-state index in [2.05, 4.69) is 4.98 Å². The van der Waals surface area contributed by atoms with Gasteiger partial charge in [-0.05, 0) is 24.3 Å². The van der Waals surface area contributed by atoms with Gasteiger partial charge in [0.1, 0.15) is 0 Å². The number of hydrogen-bond donors (Lipinski definition) is 0. The Labute approximate surface area is 97.7 Å². The third-order valence-corrected chi connectivity index (χ3v) is 1.88.